The van der Waals surface area contributed by atoms with E-state index in [4.69, 9.17) is 11.5 Å². The summed E-state index contributed by atoms with van der Waals surface area (Å²) in [6, 6.07) is 23.2. The van der Waals surface area contributed by atoms with Crippen LogP contribution < -0.4 is 54.2 Å². The monoisotopic (exact) mass is 1030 g/mol. The first kappa shape index (κ1) is 57.4. The molecule has 72 heavy (non-hydrogen) atoms. The van der Waals surface area contributed by atoms with Gasteiger partial charge in [0.05, 0.1) is 25.2 Å². The van der Waals surface area contributed by atoms with Crippen LogP contribution in [0.25, 0.3) is 0 Å². The number of hydrogen-bond donors (Lipinski definition) is 12. The summed E-state index contributed by atoms with van der Waals surface area (Å²) in [5.41, 5.74) is 19.7. The summed E-state index contributed by atoms with van der Waals surface area (Å²) < 4.78 is 0. The Bertz CT molecular complexity index is 2240. The fraction of sp³-hybridized carbons (Fsp3) is 0.360. The maximum atomic E-state index is 13.7. The van der Waals surface area contributed by atoms with Crippen LogP contribution in [-0.2, 0) is 64.0 Å². The number of carbonyl (C=O) groups excluding carboxylic acids is 8. The minimum absolute atomic E-state index is 0.0276. The van der Waals surface area contributed by atoms with Crippen LogP contribution in [0.5, 0.6) is 11.5 Å². The molecule has 0 aliphatic carbocycles. The molecule has 20 nitrogen and oxygen atoms in total. The summed E-state index contributed by atoms with van der Waals surface area (Å²) in [5, 5.41) is 34.7. The Morgan fingerprint density at radius 2 is 0.764 bits per heavy atom. The standard InChI is InChI=1S/C50H64N10O10S2/c1-71-23-21-39(57-45(65)37(51)25-33-13-17-35(61)18-14-33)47(67)53-29-43(63)55-41(27-31-9-5-3-6-10-31)49(69)59-60-50(70)42(28-32-11-7-4-8-12-32)56-44(64)30-54-48(68)40(22-24-72-2)58-46(66)38(52)26-34-15-19-36(62)20-16-34/h3-20,37-42,61-62H,21-30,51-52H2,1-2H3,(H,53,67)(H,54,68)(H,55,63)(H,56,64)(H,57,65)(H,58,66)(H,59,69)(H,60,70)/t37-,38-,39+,40+,41-,42-/m0/s1. The zero-order chi connectivity index (χ0) is 52.4. The van der Waals surface area contributed by atoms with E-state index in [-0.39, 0.29) is 50.0 Å². The lowest BCUT2D eigenvalue weighted by Crippen LogP contribution is -2.59. The Kier molecular flexibility index (Phi) is 24.4. The van der Waals surface area contributed by atoms with Gasteiger partial charge in [0, 0.05) is 12.8 Å². The summed E-state index contributed by atoms with van der Waals surface area (Å²) in [5.74, 6) is -4.56. The molecule has 0 spiro atoms. The number of benzene rings is 4. The molecule has 0 radical (unpaired) electrons. The van der Waals surface area contributed by atoms with Gasteiger partial charge in [-0.05, 0) is 96.2 Å². The molecule has 4 rings (SSSR count). The van der Waals surface area contributed by atoms with Crippen LogP contribution in [0.1, 0.15) is 35.1 Å². The number of carbonyl (C=O) groups is 8. The number of amides is 8. The predicted molar refractivity (Wildman–Crippen MR) is 276 cm³/mol. The molecule has 0 heterocycles. The van der Waals surface area contributed by atoms with Crippen molar-refractivity contribution in [3.8, 4) is 11.5 Å². The predicted octanol–water partition coefficient (Wildman–Crippen LogP) is -0.152. The van der Waals surface area contributed by atoms with Crippen LogP contribution in [0.15, 0.2) is 109 Å². The quantitative estimate of drug-likeness (QED) is 0.0330. The Labute approximate surface area is 426 Å². The zero-order valence-corrected chi connectivity index (χ0v) is 41.7. The highest BCUT2D eigenvalue weighted by molar-refractivity contribution is 7.98. The third-order valence-electron chi connectivity index (χ3n) is 11.0. The summed E-state index contributed by atoms with van der Waals surface area (Å²) in [7, 11) is 0. The number of aromatic hydroxyl groups is 2. The number of phenols is 2. The van der Waals surface area contributed by atoms with Gasteiger partial charge in [0.1, 0.15) is 35.7 Å². The van der Waals surface area contributed by atoms with E-state index in [0.717, 1.165) is 0 Å². The van der Waals surface area contributed by atoms with Crippen molar-refractivity contribution in [1.29, 1.82) is 0 Å². The molecular formula is C50H64N10O10S2. The highest BCUT2D eigenvalue weighted by Gasteiger charge is 2.29. The second-order valence-corrected chi connectivity index (χ2v) is 18.6. The van der Waals surface area contributed by atoms with Crippen LogP contribution in [0.4, 0.5) is 0 Å². The molecule has 14 N–H and O–H groups in total. The van der Waals surface area contributed by atoms with Gasteiger partial charge in [-0.15, -0.1) is 0 Å². The van der Waals surface area contributed by atoms with Crippen LogP contribution in [0, 0.1) is 0 Å². The highest BCUT2D eigenvalue weighted by atomic mass is 32.2. The van der Waals surface area contributed by atoms with Crippen LogP contribution in [0.3, 0.4) is 0 Å². The van der Waals surface area contributed by atoms with E-state index < -0.39 is 96.6 Å². The molecule has 0 aliphatic heterocycles. The van der Waals surface area contributed by atoms with Gasteiger partial charge in [-0.2, -0.15) is 23.5 Å². The van der Waals surface area contributed by atoms with Crippen molar-refractivity contribution in [3.63, 3.8) is 0 Å². The van der Waals surface area contributed by atoms with Gasteiger partial charge < -0.3 is 53.6 Å². The van der Waals surface area contributed by atoms with E-state index in [1.54, 1.807) is 84.9 Å². The van der Waals surface area contributed by atoms with Crippen molar-refractivity contribution in [3.05, 3.63) is 131 Å². The van der Waals surface area contributed by atoms with Crippen molar-refractivity contribution in [2.24, 2.45) is 11.5 Å². The Morgan fingerprint density at radius 3 is 1.10 bits per heavy atom. The summed E-state index contributed by atoms with van der Waals surface area (Å²) >= 11 is 2.90. The highest BCUT2D eigenvalue weighted by Crippen LogP contribution is 2.13. The fourth-order valence-corrected chi connectivity index (χ4v) is 7.95. The lowest BCUT2D eigenvalue weighted by Gasteiger charge is -2.23. The molecular weight excluding hydrogens is 965 g/mol. The van der Waals surface area contributed by atoms with Gasteiger partial charge in [-0.25, -0.2) is 0 Å². The smallest absolute Gasteiger partial charge is 0.261 e. The third-order valence-corrected chi connectivity index (χ3v) is 12.3. The minimum Gasteiger partial charge on any atom is -0.508 e. The zero-order valence-electron chi connectivity index (χ0n) is 40.1. The van der Waals surface area contributed by atoms with Crippen LogP contribution >= 0.6 is 23.5 Å². The molecule has 0 saturated heterocycles. The second kappa shape index (κ2) is 30.6. The van der Waals surface area contributed by atoms with E-state index in [1.165, 1.54) is 47.8 Å². The number of nitrogens with one attached hydrogen (secondary N) is 8. The van der Waals surface area contributed by atoms with Gasteiger partial charge in [0.15, 0.2) is 0 Å². The molecule has 4 aromatic rings. The van der Waals surface area contributed by atoms with Crippen LogP contribution in [0.2, 0.25) is 0 Å². The maximum Gasteiger partial charge on any atom is 0.261 e. The summed E-state index contributed by atoms with van der Waals surface area (Å²) in [4.78, 5) is 107. The van der Waals surface area contributed by atoms with Gasteiger partial charge >= 0.3 is 0 Å². The molecule has 8 amide bonds. The molecule has 0 unspecified atom stereocenters. The normalized spacial score (nSPS) is 13.3. The molecule has 4 aromatic carbocycles. The van der Waals surface area contributed by atoms with Crippen molar-refractivity contribution in [2.75, 3.05) is 37.1 Å². The first-order valence-corrected chi connectivity index (χ1v) is 25.8. The largest absolute Gasteiger partial charge is 0.508 e. The van der Waals surface area contributed by atoms with Crippen molar-refractivity contribution in [1.82, 2.24) is 42.8 Å². The third kappa shape index (κ3) is 20.7. The SMILES string of the molecule is CSCC[C@@H](NC(=O)[C@@H](N)Cc1ccc(O)cc1)C(=O)NCC(=O)N[C@@H](Cc1ccccc1)C(=O)NNC(=O)[C@H](Cc1ccccc1)NC(=O)CNC(=O)[C@@H](CCSC)NC(=O)[C@@H](N)Cc1ccc(O)cc1. The van der Waals surface area contributed by atoms with Crippen LogP contribution in [-0.4, -0.2) is 131 Å². The molecule has 0 fully saturated rings. The van der Waals surface area contributed by atoms with Gasteiger partial charge in [0.2, 0.25) is 35.4 Å². The average molecular weight is 1030 g/mol. The Balaban J connectivity index is 1.37. The van der Waals surface area contributed by atoms with Gasteiger partial charge in [-0.1, -0.05) is 84.9 Å². The number of hydrogen-bond acceptors (Lipinski definition) is 14. The summed E-state index contributed by atoms with van der Waals surface area (Å²) in [6.45, 7) is -1.15. The van der Waals surface area contributed by atoms with Crippen molar-refractivity contribution < 1.29 is 48.6 Å². The molecule has 0 aromatic heterocycles. The molecule has 22 heteroatoms. The average Bonchev–Trinajstić information content (AvgIpc) is 3.37. The van der Waals surface area contributed by atoms with E-state index in [2.05, 4.69) is 42.8 Å². The van der Waals surface area contributed by atoms with E-state index in [1.807, 2.05) is 12.5 Å². The number of hydrazine groups is 1. The van der Waals surface area contributed by atoms with E-state index >= 15 is 0 Å². The lowest BCUT2D eigenvalue weighted by atomic mass is 10.0. The lowest BCUT2D eigenvalue weighted by molar-refractivity contribution is -0.134. The number of thioether (sulfide) groups is 2. The Morgan fingerprint density at radius 1 is 0.431 bits per heavy atom. The minimum atomic E-state index is -1.28. The topological polar surface area (TPSA) is 325 Å². The first-order valence-electron chi connectivity index (χ1n) is 23.0. The molecule has 386 valence electrons. The molecule has 0 bridgehead atoms. The molecule has 6 atom stereocenters. The maximum absolute atomic E-state index is 13.7. The van der Waals surface area contributed by atoms with Gasteiger partial charge in [-0.3, -0.25) is 49.2 Å². The van der Waals surface area contributed by atoms with E-state index in [0.29, 0.717) is 33.8 Å². The fourth-order valence-electron chi connectivity index (χ4n) is 7.01. The second-order valence-electron chi connectivity index (χ2n) is 16.7. The van der Waals surface area contributed by atoms with Crippen molar-refractivity contribution in [2.45, 2.75) is 74.8 Å². The van der Waals surface area contributed by atoms with E-state index in [9.17, 15) is 48.6 Å². The van der Waals surface area contributed by atoms with Gasteiger partial charge in [0.25, 0.3) is 11.8 Å². The summed E-state index contributed by atoms with van der Waals surface area (Å²) in [6.07, 6.45) is 4.35. The molecule has 0 aliphatic rings. The van der Waals surface area contributed by atoms with Crippen molar-refractivity contribution >= 4 is 70.8 Å². The Hall–Kier alpha value is -7.14. The number of rotatable bonds is 28. The molecule has 0 saturated carbocycles. The first-order chi connectivity index (χ1) is 34.5. The number of phenolic OH excluding ortho intramolecular Hbond substituents is 2. The number of nitrogens with two attached hydrogens (primary N) is 2.